The summed E-state index contributed by atoms with van der Waals surface area (Å²) >= 11 is 0. The summed E-state index contributed by atoms with van der Waals surface area (Å²) in [4.78, 5) is 10.6. The van der Waals surface area contributed by atoms with Gasteiger partial charge in [-0.05, 0) is 57.3 Å². The fourth-order valence-electron chi connectivity index (χ4n) is 2.82. The number of aldehydes is 1. The highest BCUT2D eigenvalue weighted by molar-refractivity contribution is 5.53. The van der Waals surface area contributed by atoms with Crippen molar-refractivity contribution < 1.29 is 14.3 Å². The maximum absolute atomic E-state index is 10.6. The van der Waals surface area contributed by atoms with Crippen molar-refractivity contribution in [3.8, 4) is 0 Å². The number of hydrogen-bond donors (Lipinski definition) is 0. The third-order valence-corrected chi connectivity index (χ3v) is 4.05. The second-order valence-corrected chi connectivity index (χ2v) is 5.37. The van der Waals surface area contributed by atoms with Crippen LogP contribution in [-0.2, 0) is 14.3 Å². The van der Waals surface area contributed by atoms with E-state index in [0.29, 0.717) is 5.92 Å². The van der Waals surface area contributed by atoms with Crippen molar-refractivity contribution in [3.63, 3.8) is 0 Å². The lowest BCUT2D eigenvalue weighted by molar-refractivity contribution is -0.164. The molecule has 3 heteroatoms. The molecule has 17 heavy (non-hydrogen) atoms. The van der Waals surface area contributed by atoms with E-state index in [1.54, 1.807) is 0 Å². The zero-order chi connectivity index (χ0) is 11.9. The van der Waals surface area contributed by atoms with E-state index in [9.17, 15) is 4.79 Å². The van der Waals surface area contributed by atoms with Gasteiger partial charge in [0.2, 0.25) is 0 Å². The maximum atomic E-state index is 10.6. The molecule has 1 aliphatic heterocycles. The molecule has 0 aromatic carbocycles. The summed E-state index contributed by atoms with van der Waals surface area (Å²) in [6.07, 6.45) is 10.3. The van der Waals surface area contributed by atoms with Crippen LogP contribution in [0.2, 0.25) is 0 Å². The van der Waals surface area contributed by atoms with E-state index in [1.807, 2.05) is 0 Å². The van der Waals surface area contributed by atoms with Crippen LogP contribution in [-0.4, -0.2) is 25.8 Å². The highest BCUT2D eigenvalue weighted by Crippen LogP contribution is 2.29. The fraction of sp³-hybridized carbons (Fsp3) is 0.929. The minimum atomic E-state index is 0.0510. The molecule has 1 heterocycles. The molecule has 0 bridgehead atoms. The van der Waals surface area contributed by atoms with E-state index in [2.05, 4.69) is 0 Å². The van der Waals surface area contributed by atoms with Gasteiger partial charge >= 0.3 is 0 Å². The molecule has 0 aromatic rings. The van der Waals surface area contributed by atoms with Gasteiger partial charge < -0.3 is 14.3 Å². The smallest absolute Gasteiger partial charge is 0.157 e. The molecule has 1 atom stereocenters. The van der Waals surface area contributed by atoms with Crippen molar-refractivity contribution in [1.82, 2.24) is 0 Å². The maximum Gasteiger partial charge on any atom is 0.157 e. The first-order valence-corrected chi connectivity index (χ1v) is 7.07. The second-order valence-electron chi connectivity index (χ2n) is 5.37. The van der Waals surface area contributed by atoms with Gasteiger partial charge in [0, 0.05) is 19.1 Å². The van der Waals surface area contributed by atoms with Gasteiger partial charge in [0.1, 0.15) is 6.29 Å². The zero-order valence-corrected chi connectivity index (χ0v) is 10.6. The summed E-state index contributed by atoms with van der Waals surface area (Å²) in [5, 5.41) is 0. The molecule has 98 valence electrons. The summed E-state index contributed by atoms with van der Waals surface area (Å²) in [7, 11) is 0. The minimum absolute atomic E-state index is 0.0510. The third-order valence-electron chi connectivity index (χ3n) is 4.05. The Kier molecular flexibility index (Phi) is 5.46. The van der Waals surface area contributed by atoms with E-state index in [0.717, 1.165) is 51.1 Å². The van der Waals surface area contributed by atoms with Crippen molar-refractivity contribution in [2.24, 2.45) is 11.8 Å². The summed E-state index contributed by atoms with van der Waals surface area (Å²) in [5.41, 5.74) is 0. The Bertz CT molecular complexity index is 216. The molecule has 0 radical (unpaired) electrons. The Balaban J connectivity index is 1.54. The van der Waals surface area contributed by atoms with Gasteiger partial charge in [-0.2, -0.15) is 0 Å². The predicted molar refractivity (Wildman–Crippen MR) is 65.7 cm³/mol. The van der Waals surface area contributed by atoms with Gasteiger partial charge in [0.15, 0.2) is 6.29 Å². The van der Waals surface area contributed by atoms with Gasteiger partial charge in [-0.3, -0.25) is 0 Å². The molecule has 1 aliphatic carbocycles. The van der Waals surface area contributed by atoms with Crippen LogP contribution < -0.4 is 0 Å². The number of ether oxygens (including phenoxy) is 2. The average molecular weight is 240 g/mol. The molecular weight excluding hydrogens is 216 g/mol. The van der Waals surface area contributed by atoms with Crippen molar-refractivity contribution in [2.45, 2.75) is 57.7 Å². The molecule has 0 spiro atoms. The van der Waals surface area contributed by atoms with Crippen molar-refractivity contribution >= 4 is 6.29 Å². The van der Waals surface area contributed by atoms with Crippen LogP contribution in [0.15, 0.2) is 0 Å². The molecular formula is C14H24O3. The molecule has 2 fully saturated rings. The van der Waals surface area contributed by atoms with Crippen molar-refractivity contribution in [1.29, 1.82) is 0 Å². The summed E-state index contributed by atoms with van der Waals surface area (Å²) in [5.74, 6) is 1.09. The molecule has 1 unspecified atom stereocenters. The molecule has 3 nitrogen and oxygen atoms in total. The van der Waals surface area contributed by atoms with E-state index in [1.165, 1.54) is 25.7 Å². The Morgan fingerprint density at radius 1 is 1.12 bits per heavy atom. The predicted octanol–water partition coefficient (Wildman–Crippen LogP) is 2.93. The quantitative estimate of drug-likeness (QED) is 0.693. The standard InChI is InChI=1S/C14H24O3/c15-11-13-6-4-12(5-7-13)8-10-17-14-3-1-2-9-16-14/h11-14H,1-10H2. The first kappa shape index (κ1) is 13.0. The second kappa shape index (κ2) is 7.12. The van der Waals surface area contributed by atoms with Gasteiger partial charge in [-0.1, -0.05) is 0 Å². The normalized spacial score (nSPS) is 34.5. The van der Waals surface area contributed by atoms with Gasteiger partial charge in [0.25, 0.3) is 0 Å². The van der Waals surface area contributed by atoms with Gasteiger partial charge in [-0.15, -0.1) is 0 Å². The molecule has 2 aliphatic rings. The molecule has 0 amide bonds. The lowest BCUT2D eigenvalue weighted by atomic mass is 9.81. The first-order valence-electron chi connectivity index (χ1n) is 7.07. The Labute approximate surface area is 104 Å². The van der Waals surface area contributed by atoms with Crippen LogP contribution in [0.5, 0.6) is 0 Å². The summed E-state index contributed by atoms with van der Waals surface area (Å²) in [6, 6.07) is 0. The largest absolute Gasteiger partial charge is 0.353 e. The monoisotopic (exact) mass is 240 g/mol. The van der Waals surface area contributed by atoms with E-state index >= 15 is 0 Å². The van der Waals surface area contributed by atoms with Crippen LogP contribution in [0, 0.1) is 11.8 Å². The van der Waals surface area contributed by atoms with E-state index < -0.39 is 0 Å². The molecule has 1 saturated carbocycles. The fourth-order valence-corrected chi connectivity index (χ4v) is 2.82. The SMILES string of the molecule is O=CC1CCC(CCOC2CCCCO2)CC1. The number of rotatable bonds is 5. The minimum Gasteiger partial charge on any atom is -0.353 e. The van der Waals surface area contributed by atoms with Crippen LogP contribution in [0.4, 0.5) is 0 Å². The van der Waals surface area contributed by atoms with E-state index in [4.69, 9.17) is 9.47 Å². The molecule has 2 rings (SSSR count). The third kappa shape index (κ3) is 4.40. The molecule has 0 N–H and O–H groups in total. The highest BCUT2D eigenvalue weighted by atomic mass is 16.7. The zero-order valence-electron chi connectivity index (χ0n) is 10.6. The summed E-state index contributed by atoms with van der Waals surface area (Å²) in [6.45, 7) is 1.68. The molecule has 1 saturated heterocycles. The molecule has 0 aromatic heterocycles. The van der Waals surface area contributed by atoms with Gasteiger partial charge in [-0.25, -0.2) is 0 Å². The van der Waals surface area contributed by atoms with Crippen LogP contribution in [0.1, 0.15) is 51.4 Å². The van der Waals surface area contributed by atoms with E-state index in [-0.39, 0.29) is 6.29 Å². The Hall–Kier alpha value is -0.410. The lowest BCUT2D eigenvalue weighted by Crippen LogP contribution is -2.24. The van der Waals surface area contributed by atoms with Crippen LogP contribution >= 0.6 is 0 Å². The Morgan fingerprint density at radius 3 is 2.59 bits per heavy atom. The van der Waals surface area contributed by atoms with Crippen LogP contribution in [0.25, 0.3) is 0 Å². The lowest BCUT2D eigenvalue weighted by Gasteiger charge is -2.27. The topological polar surface area (TPSA) is 35.5 Å². The number of carbonyl (C=O) groups is 1. The average Bonchev–Trinajstić information content (AvgIpc) is 2.41. The number of hydrogen-bond acceptors (Lipinski definition) is 3. The summed E-state index contributed by atoms with van der Waals surface area (Å²) < 4.78 is 11.3. The Morgan fingerprint density at radius 2 is 1.94 bits per heavy atom. The number of carbonyl (C=O) groups excluding carboxylic acids is 1. The van der Waals surface area contributed by atoms with Crippen molar-refractivity contribution in [3.05, 3.63) is 0 Å². The first-order chi connectivity index (χ1) is 8.38. The van der Waals surface area contributed by atoms with Crippen molar-refractivity contribution in [2.75, 3.05) is 13.2 Å². The van der Waals surface area contributed by atoms with Crippen LogP contribution in [0.3, 0.4) is 0 Å². The van der Waals surface area contributed by atoms with Gasteiger partial charge in [0.05, 0.1) is 0 Å². The highest BCUT2D eigenvalue weighted by Gasteiger charge is 2.21.